The van der Waals surface area contributed by atoms with E-state index in [1.54, 1.807) is 4.90 Å². The van der Waals surface area contributed by atoms with Gasteiger partial charge in [0.25, 0.3) is 0 Å². The lowest BCUT2D eigenvalue weighted by atomic mass is 10.2. The van der Waals surface area contributed by atoms with Crippen molar-refractivity contribution < 1.29 is 14.1 Å². The highest BCUT2D eigenvalue weighted by atomic mass is 79.9. The van der Waals surface area contributed by atoms with E-state index in [9.17, 15) is 4.79 Å². The smallest absolute Gasteiger partial charge is 0.410 e. The van der Waals surface area contributed by atoms with E-state index in [-0.39, 0.29) is 6.09 Å². The van der Waals surface area contributed by atoms with Crippen LogP contribution in [-0.4, -0.2) is 47.9 Å². The summed E-state index contributed by atoms with van der Waals surface area (Å²) in [5, 5.41) is 5.17. The molecular formula is C16H20BrN3O3. The first-order chi connectivity index (χ1) is 10.8. The summed E-state index contributed by atoms with van der Waals surface area (Å²) in [6, 6.07) is 5.87. The standard InChI is InChI=1S/C16H20BrN3O3/c1-16(2,3)22-15(21)20-8-6-19(7-9-20)14-12-5-4-11(17)10-13(12)23-18-14/h4-5,10H,6-9H2,1-3H3. The summed E-state index contributed by atoms with van der Waals surface area (Å²) < 4.78 is 11.8. The summed E-state index contributed by atoms with van der Waals surface area (Å²) >= 11 is 3.43. The average Bonchev–Trinajstić information content (AvgIpc) is 2.88. The third-order valence-electron chi connectivity index (χ3n) is 3.65. The van der Waals surface area contributed by atoms with Gasteiger partial charge in [0.05, 0.1) is 5.39 Å². The van der Waals surface area contributed by atoms with Crippen molar-refractivity contribution in [3.8, 4) is 0 Å². The van der Waals surface area contributed by atoms with Crippen LogP contribution >= 0.6 is 15.9 Å². The molecule has 124 valence electrons. The lowest BCUT2D eigenvalue weighted by molar-refractivity contribution is 0.0240. The molecule has 1 aliphatic rings. The highest BCUT2D eigenvalue weighted by Crippen LogP contribution is 2.29. The lowest BCUT2D eigenvalue weighted by Gasteiger charge is -2.35. The van der Waals surface area contributed by atoms with Crippen molar-refractivity contribution in [2.24, 2.45) is 0 Å². The van der Waals surface area contributed by atoms with Crippen LogP contribution in [0.25, 0.3) is 11.0 Å². The van der Waals surface area contributed by atoms with Crippen molar-refractivity contribution >= 4 is 38.8 Å². The molecule has 0 N–H and O–H groups in total. The number of amides is 1. The van der Waals surface area contributed by atoms with Crippen molar-refractivity contribution in [1.29, 1.82) is 0 Å². The second kappa shape index (κ2) is 6.03. The summed E-state index contributed by atoms with van der Waals surface area (Å²) in [6.45, 7) is 8.26. The highest BCUT2D eigenvalue weighted by molar-refractivity contribution is 9.10. The van der Waals surface area contributed by atoms with Gasteiger partial charge in [-0.3, -0.25) is 0 Å². The molecule has 0 spiro atoms. The van der Waals surface area contributed by atoms with E-state index in [1.165, 1.54) is 0 Å². The van der Waals surface area contributed by atoms with Gasteiger partial charge < -0.3 is 19.1 Å². The van der Waals surface area contributed by atoms with E-state index < -0.39 is 5.60 Å². The molecule has 1 aromatic carbocycles. The third kappa shape index (κ3) is 3.60. The molecule has 1 fully saturated rings. The van der Waals surface area contributed by atoms with Crippen LogP contribution in [0, 0.1) is 0 Å². The Morgan fingerprint density at radius 3 is 2.61 bits per heavy atom. The first-order valence-electron chi connectivity index (χ1n) is 7.61. The predicted octanol–water partition coefficient (Wildman–Crippen LogP) is 3.65. The number of carbonyl (C=O) groups excluding carboxylic acids is 1. The molecule has 0 unspecified atom stereocenters. The topological polar surface area (TPSA) is 58.8 Å². The van der Waals surface area contributed by atoms with E-state index in [1.807, 2.05) is 39.0 Å². The molecule has 0 saturated carbocycles. The van der Waals surface area contributed by atoms with Crippen molar-refractivity contribution in [2.45, 2.75) is 26.4 Å². The normalized spacial score (nSPS) is 16.0. The molecule has 0 aliphatic carbocycles. The monoisotopic (exact) mass is 381 g/mol. The van der Waals surface area contributed by atoms with Crippen LogP contribution in [0.4, 0.5) is 10.6 Å². The zero-order valence-corrected chi connectivity index (χ0v) is 15.1. The summed E-state index contributed by atoms with van der Waals surface area (Å²) in [7, 11) is 0. The zero-order chi connectivity index (χ0) is 16.6. The Morgan fingerprint density at radius 2 is 1.96 bits per heavy atom. The molecule has 0 bridgehead atoms. The van der Waals surface area contributed by atoms with Crippen LogP contribution in [0.1, 0.15) is 20.8 Å². The molecule has 2 heterocycles. The Kier molecular flexibility index (Phi) is 4.23. The van der Waals surface area contributed by atoms with Crippen LogP contribution in [0.15, 0.2) is 27.2 Å². The van der Waals surface area contributed by atoms with Gasteiger partial charge in [-0.1, -0.05) is 21.1 Å². The van der Waals surface area contributed by atoms with Gasteiger partial charge >= 0.3 is 6.09 Å². The number of nitrogens with zero attached hydrogens (tertiary/aromatic N) is 3. The number of hydrogen-bond acceptors (Lipinski definition) is 5. The maximum atomic E-state index is 12.1. The van der Waals surface area contributed by atoms with Gasteiger partial charge in [0.2, 0.25) is 0 Å². The summed E-state index contributed by atoms with van der Waals surface area (Å²) in [4.78, 5) is 16.0. The first-order valence-corrected chi connectivity index (χ1v) is 8.40. The Morgan fingerprint density at radius 1 is 1.26 bits per heavy atom. The molecule has 2 aromatic rings. The van der Waals surface area contributed by atoms with Crippen LogP contribution in [-0.2, 0) is 4.74 Å². The fraction of sp³-hybridized carbons (Fsp3) is 0.500. The minimum Gasteiger partial charge on any atom is -0.444 e. The number of piperazine rings is 1. The van der Waals surface area contributed by atoms with Gasteiger partial charge in [0, 0.05) is 30.7 Å². The fourth-order valence-corrected chi connectivity index (χ4v) is 2.89. The molecule has 1 saturated heterocycles. The molecule has 1 aromatic heterocycles. The van der Waals surface area contributed by atoms with Crippen molar-refractivity contribution in [1.82, 2.24) is 10.1 Å². The number of hydrogen-bond donors (Lipinski definition) is 0. The second-order valence-electron chi connectivity index (χ2n) is 6.60. The lowest BCUT2D eigenvalue weighted by Crippen LogP contribution is -2.50. The zero-order valence-electron chi connectivity index (χ0n) is 13.5. The van der Waals surface area contributed by atoms with Crippen molar-refractivity contribution in [3.05, 3.63) is 22.7 Å². The van der Waals surface area contributed by atoms with Crippen molar-refractivity contribution in [3.63, 3.8) is 0 Å². The Bertz CT molecular complexity index is 715. The van der Waals surface area contributed by atoms with Gasteiger partial charge in [0.1, 0.15) is 5.60 Å². The first kappa shape index (κ1) is 16.1. The number of carbonyl (C=O) groups is 1. The van der Waals surface area contributed by atoms with Gasteiger partial charge in [-0.25, -0.2) is 4.79 Å². The molecule has 1 aliphatic heterocycles. The largest absolute Gasteiger partial charge is 0.444 e. The summed E-state index contributed by atoms with van der Waals surface area (Å²) in [6.07, 6.45) is -0.258. The quantitative estimate of drug-likeness (QED) is 0.754. The predicted molar refractivity (Wildman–Crippen MR) is 91.7 cm³/mol. The number of anilines is 1. The number of aromatic nitrogens is 1. The maximum Gasteiger partial charge on any atom is 0.410 e. The van der Waals surface area contributed by atoms with Gasteiger partial charge in [-0.05, 0) is 39.0 Å². The number of fused-ring (bicyclic) bond motifs is 1. The SMILES string of the molecule is CC(C)(C)OC(=O)N1CCN(c2noc3cc(Br)ccc23)CC1. The molecule has 0 atom stereocenters. The molecule has 23 heavy (non-hydrogen) atoms. The minimum atomic E-state index is -0.468. The van der Waals surface area contributed by atoms with E-state index in [4.69, 9.17) is 9.26 Å². The number of benzene rings is 1. The highest BCUT2D eigenvalue weighted by Gasteiger charge is 2.27. The maximum absolute atomic E-state index is 12.1. The summed E-state index contributed by atoms with van der Waals surface area (Å²) in [5.41, 5.74) is 0.285. The number of ether oxygens (including phenoxy) is 1. The third-order valence-corrected chi connectivity index (χ3v) is 4.14. The Hall–Kier alpha value is -1.76. The average molecular weight is 382 g/mol. The molecular weight excluding hydrogens is 362 g/mol. The second-order valence-corrected chi connectivity index (χ2v) is 7.52. The number of rotatable bonds is 1. The number of halogens is 1. The van der Waals surface area contributed by atoms with Crippen LogP contribution in [0.2, 0.25) is 0 Å². The van der Waals surface area contributed by atoms with Gasteiger partial charge in [0.15, 0.2) is 11.4 Å². The fourth-order valence-electron chi connectivity index (χ4n) is 2.55. The van der Waals surface area contributed by atoms with E-state index in [0.29, 0.717) is 26.2 Å². The Labute approximate surface area is 143 Å². The van der Waals surface area contributed by atoms with Crippen LogP contribution in [0.5, 0.6) is 0 Å². The van der Waals surface area contributed by atoms with Crippen LogP contribution in [0.3, 0.4) is 0 Å². The van der Waals surface area contributed by atoms with Gasteiger partial charge in [-0.2, -0.15) is 0 Å². The molecule has 1 amide bonds. The van der Waals surface area contributed by atoms with Gasteiger partial charge in [-0.15, -0.1) is 0 Å². The van der Waals surface area contributed by atoms with E-state index >= 15 is 0 Å². The van der Waals surface area contributed by atoms with Crippen LogP contribution < -0.4 is 4.90 Å². The van der Waals surface area contributed by atoms with Crippen molar-refractivity contribution in [2.75, 3.05) is 31.1 Å². The summed E-state index contributed by atoms with van der Waals surface area (Å²) in [5.74, 6) is 0.830. The minimum absolute atomic E-state index is 0.258. The van der Waals surface area contributed by atoms with E-state index in [0.717, 1.165) is 21.3 Å². The molecule has 3 rings (SSSR count). The Balaban J connectivity index is 1.67. The van der Waals surface area contributed by atoms with E-state index in [2.05, 4.69) is 26.0 Å². The molecule has 6 nitrogen and oxygen atoms in total. The molecule has 7 heteroatoms. The molecule has 0 radical (unpaired) electrons.